The van der Waals surface area contributed by atoms with Crippen LogP contribution in [0.3, 0.4) is 0 Å². The zero-order valence-electron chi connectivity index (χ0n) is 19.4. The molecule has 9 nitrogen and oxygen atoms in total. The van der Waals surface area contributed by atoms with Gasteiger partial charge in [-0.05, 0) is 57.9 Å². The molecule has 1 aliphatic carbocycles. The number of nitrogens with one attached hydrogen (secondary N) is 1. The van der Waals surface area contributed by atoms with Crippen LogP contribution in [0.25, 0.3) is 0 Å². The lowest BCUT2D eigenvalue weighted by Gasteiger charge is -2.33. The Hall–Kier alpha value is -2.68. The van der Waals surface area contributed by atoms with Gasteiger partial charge in [-0.1, -0.05) is 6.92 Å². The molecule has 3 amide bonds. The zero-order valence-corrected chi connectivity index (χ0v) is 19.4. The fourth-order valence-corrected chi connectivity index (χ4v) is 4.61. The topological polar surface area (TPSA) is 107 Å². The number of aryl methyl sites for hydroxylation is 1. The first-order valence-corrected chi connectivity index (χ1v) is 11.2. The van der Waals surface area contributed by atoms with E-state index in [1.165, 1.54) is 0 Å². The highest BCUT2D eigenvalue weighted by Gasteiger charge is 2.52. The van der Waals surface area contributed by atoms with Crippen molar-refractivity contribution in [3.63, 3.8) is 0 Å². The lowest BCUT2D eigenvalue weighted by molar-refractivity contribution is -0.147. The average molecular weight is 448 g/mol. The molecule has 2 heterocycles. The third-order valence-corrected chi connectivity index (χ3v) is 6.63. The number of urea groups is 1. The molecule has 1 spiro atoms. The molecule has 0 atom stereocenters. The van der Waals surface area contributed by atoms with Crippen LogP contribution in [0, 0.1) is 19.8 Å². The van der Waals surface area contributed by atoms with Crippen molar-refractivity contribution >= 4 is 23.7 Å². The van der Waals surface area contributed by atoms with Crippen molar-refractivity contribution in [3.8, 4) is 0 Å². The van der Waals surface area contributed by atoms with E-state index in [-0.39, 0.29) is 11.7 Å². The average Bonchev–Trinajstić information content (AvgIpc) is 3.17. The van der Waals surface area contributed by atoms with Crippen molar-refractivity contribution in [1.29, 1.82) is 0 Å². The van der Waals surface area contributed by atoms with Gasteiger partial charge in [0.2, 0.25) is 5.78 Å². The first-order chi connectivity index (χ1) is 15.2. The van der Waals surface area contributed by atoms with Crippen molar-refractivity contribution < 1.29 is 28.7 Å². The second-order valence-electron chi connectivity index (χ2n) is 8.95. The summed E-state index contributed by atoms with van der Waals surface area (Å²) in [6.45, 7) is 6.32. The number of imide groups is 1. The van der Waals surface area contributed by atoms with Gasteiger partial charge in [-0.15, -0.1) is 0 Å². The van der Waals surface area contributed by atoms with E-state index in [1.807, 2.05) is 18.4 Å². The number of carbonyl (C=O) groups is 4. The number of carbonyl (C=O) groups excluding carboxylic acids is 4. The fraction of sp³-hybridized carbons (Fsp3) is 0.652. The Morgan fingerprint density at radius 3 is 2.56 bits per heavy atom. The Bertz CT molecular complexity index is 898. The molecule has 2 fully saturated rings. The number of esters is 1. The molecule has 0 bridgehead atoms. The van der Waals surface area contributed by atoms with E-state index in [1.54, 1.807) is 13.2 Å². The van der Waals surface area contributed by atoms with Crippen LogP contribution in [-0.4, -0.2) is 65.6 Å². The first-order valence-electron chi connectivity index (χ1n) is 11.2. The molecule has 3 rings (SSSR count). The molecule has 1 saturated heterocycles. The molecule has 1 N–H and O–H groups in total. The van der Waals surface area contributed by atoms with Crippen LogP contribution in [0.1, 0.15) is 60.8 Å². The van der Waals surface area contributed by atoms with Crippen molar-refractivity contribution in [2.24, 2.45) is 5.92 Å². The highest BCUT2D eigenvalue weighted by Crippen LogP contribution is 2.36. The van der Waals surface area contributed by atoms with Gasteiger partial charge in [0, 0.05) is 37.2 Å². The Morgan fingerprint density at radius 1 is 1.22 bits per heavy atom. The van der Waals surface area contributed by atoms with Crippen LogP contribution in [0.5, 0.6) is 0 Å². The molecule has 2 aliphatic rings. The van der Waals surface area contributed by atoms with Crippen molar-refractivity contribution in [3.05, 3.63) is 23.0 Å². The molecule has 1 aromatic rings. The Balaban J connectivity index is 1.55. The van der Waals surface area contributed by atoms with Gasteiger partial charge in [-0.3, -0.25) is 19.3 Å². The molecule has 1 aromatic heterocycles. The summed E-state index contributed by atoms with van der Waals surface area (Å²) in [4.78, 5) is 51.0. The van der Waals surface area contributed by atoms with E-state index in [0.29, 0.717) is 30.9 Å². The van der Waals surface area contributed by atoms with Crippen LogP contribution in [0.4, 0.5) is 4.79 Å². The normalized spacial score (nSPS) is 23.0. The van der Waals surface area contributed by atoms with E-state index < -0.39 is 30.7 Å². The molecule has 9 heteroatoms. The van der Waals surface area contributed by atoms with Crippen LogP contribution in [-0.2, 0) is 25.6 Å². The van der Waals surface area contributed by atoms with Gasteiger partial charge in [0.05, 0.1) is 0 Å². The number of ether oxygens (including phenoxy) is 2. The molecule has 0 aromatic carbocycles. The summed E-state index contributed by atoms with van der Waals surface area (Å²) >= 11 is 0. The standard InChI is InChI=1S/C23H33N3O6/c1-15-6-8-23(9-7-15)21(29)26(22(30)24-23)13-20(28)32-14-19(27)18-12-16(2)25(17(18)3)10-5-11-31-4/h12,15H,5-11,13-14H2,1-4H3,(H,24,30). The molecule has 32 heavy (non-hydrogen) atoms. The van der Waals surface area contributed by atoms with Gasteiger partial charge >= 0.3 is 12.0 Å². The summed E-state index contributed by atoms with van der Waals surface area (Å²) in [5, 5.41) is 2.77. The number of methoxy groups -OCH3 is 1. The molecular weight excluding hydrogens is 414 g/mol. The third-order valence-electron chi connectivity index (χ3n) is 6.63. The highest BCUT2D eigenvalue weighted by atomic mass is 16.5. The van der Waals surface area contributed by atoms with E-state index in [9.17, 15) is 19.2 Å². The number of hydrogen-bond donors (Lipinski definition) is 1. The van der Waals surface area contributed by atoms with E-state index >= 15 is 0 Å². The lowest BCUT2D eigenvalue weighted by Crippen LogP contribution is -2.49. The summed E-state index contributed by atoms with van der Waals surface area (Å²) in [5.74, 6) is -0.967. The van der Waals surface area contributed by atoms with Crippen LogP contribution < -0.4 is 5.32 Å². The highest BCUT2D eigenvalue weighted by molar-refractivity contribution is 6.09. The second kappa shape index (κ2) is 9.85. The van der Waals surface area contributed by atoms with Crippen LogP contribution in [0.15, 0.2) is 6.07 Å². The summed E-state index contributed by atoms with van der Waals surface area (Å²) in [7, 11) is 1.65. The molecule has 176 valence electrons. The number of aromatic nitrogens is 1. The number of rotatable bonds is 9. The number of Topliss-reactive ketones (excluding diaryl/α,β-unsaturated/α-hetero) is 1. The van der Waals surface area contributed by atoms with Crippen molar-refractivity contribution in [2.75, 3.05) is 26.9 Å². The van der Waals surface area contributed by atoms with Gasteiger partial charge < -0.3 is 19.4 Å². The van der Waals surface area contributed by atoms with Crippen molar-refractivity contribution in [2.45, 2.75) is 65.0 Å². The zero-order chi connectivity index (χ0) is 23.5. The van der Waals surface area contributed by atoms with E-state index in [2.05, 4.69) is 12.2 Å². The number of ketones is 1. The fourth-order valence-electron chi connectivity index (χ4n) is 4.61. The number of amides is 3. The van der Waals surface area contributed by atoms with Gasteiger partial charge in [0.25, 0.3) is 5.91 Å². The quantitative estimate of drug-likeness (QED) is 0.270. The number of hydrogen-bond acceptors (Lipinski definition) is 6. The maximum Gasteiger partial charge on any atom is 0.326 e. The molecular formula is C23H33N3O6. The predicted octanol–water partition coefficient (Wildman–Crippen LogP) is 2.37. The largest absolute Gasteiger partial charge is 0.456 e. The van der Waals surface area contributed by atoms with Crippen LogP contribution >= 0.6 is 0 Å². The minimum atomic E-state index is -0.903. The smallest absolute Gasteiger partial charge is 0.326 e. The first kappa shape index (κ1) is 24.0. The van der Waals surface area contributed by atoms with Gasteiger partial charge in [-0.25, -0.2) is 4.79 Å². The van der Waals surface area contributed by atoms with Gasteiger partial charge in [-0.2, -0.15) is 0 Å². The monoisotopic (exact) mass is 447 g/mol. The second-order valence-corrected chi connectivity index (χ2v) is 8.95. The number of nitrogens with zero attached hydrogens (tertiary/aromatic N) is 2. The molecule has 1 saturated carbocycles. The lowest BCUT2D eigenvalue weighted by atomic mass is 9.77. The maximum absolute atomic E-state index is 12.8. The maximum atomic E-state index is 12.8. The predicted molar refractivity (Wildman–Crippen MR) is 116 cm³/mol. The minimum absolute atomic E-state index is 0.320. The third kappa shape index (κ3) is 4.87. The van der Waals surface area contributed by atoms with Gasteiger partial charge in [0.15, 0.2) is 6.61 Å². The summed E-state index contributed by atoms with van der Waals surface area (Å²) in [6, 6.07) is 1.20. The van der Waals surface area contributed by atoms with Gasteiger partial charge in [0.1, 0.15) is 12.1 Å². The Morgan fingerprint density at radius 2 is 1.91 bits per heavy atom. The summed E-state index contributed by atoms with van der Waals surface area (Å²) < 4.78 is 12.2. The molecule has 1 aliphatic heterocycles. The van der Waals surface area contributed by atoms with Crippen molar-refractivity contribution in [1.82, 2.24) is 14.8 Å². The Kier molecular flexibility index (Phi) is 7.38. The summed E-state index contributed by atoms with van der Waals surface area (Å²) in [6.07, 6.45) is 3.67. The summed E-state index contributed by atoms with van der Waals surface area (Å²) in [5.41, 5.74) is 1.35. The SMILES string of the molecule is COCCCn1c(C)cc(C(=O)COC(=O)CN2C(=O)NC3(CCC(C)CC3)C2=O)c1C. The molecule has 0 radical (unpaired) electrons. The van der Waals surface area contributed by atoms with E-state index in [4.69, 9.17) is 9.47 Å². The molecule has 0 unspecified atom stereocenters. The Labute approximate surface area is 188 Å². The van der Waals surface area contributed by atoms with Crippen LogP contribution in [0.2, 0.25) is 0 Å². The minimum Gasteiger partial charge on any atom is -0.456 e. The van der Waals surface area contributed by atoms with E-state index in [0.717, 1.165) is 42.1 Å².